The number of nitrogens with one attached hydrogen (secondary N) is 1. The molecule has 0 saturated heterocycles. The maximum absolute atomic E-state index is 13.5. The summed E-state index contributed by atoms with van der Waals surface area (Å²) in [4.78, 5) is 43.2. The molecule has 9 heteroatoms. The first-order valence-electron chi connectivity index (χ1n) is 9.68. The first kappa shape index (κ1) is 21.7. The van der Waals surface area contributed by atoms with Crippen LogP contribution in [0.25, 0.3) is 21.6 Å². The molecule has 7 nitrogen and oxygen atoms in total. The number of thiophene rings is 1. The highest BCUT2D eigenvalue weighted by molar-refractivity contribution is 7.17. The monoisotopic (exact) mass is 467 g/mol. The normalized spacial score (nSPS) is 12.0. The van der Waals surface area contributed by atoms with Crippen molar-refractivity contribution in [2.45, 2.75) is 19.9 Å². The fraction of sp³-hybridized carbons (Fsp3) is 0.130. The van der Waals surface area contributed by atoms with Gasteiger partial charge in [-0.25, -0.2) is 9.78 Å². The van der Waals surface area contributed by atoms with Crippen LogP contribution < -0.4 is 10.9 Å². The van der Waals surface area contributed by atoms with Gasteiger partial charge in [0.25, 0.3) is 5.56 Å². The van der Waals surface area contributed by atoms with Crippen LogP contribution in [0.2, 0.25) is 5.02 Å². The van der Waals surface area contributed by atoms with E-state index in [9.17, 15) is 19.5 Å². The third-order valence-electron chi connectivity index (χ3n) is 5.19. The summed E-state index contributed by atoms with van der Waals surface area (Å²) in [6.45, 7) is 3.35. The zero-order valence-electron chi connectivity index (χ0n) is 17.1. The van der Waals surface area contributed by atoms with Crippen molar-refractivity contribution in [3.05, 3.63) is 80.4 Å². The number of hydrogen-bond acceptors (Lipinski definition) is 5. The van der Waals surface area contributed by atoms with Gasteiger partial charge in [0, 0.05) is 21.7 Å². The Morgan fingerprint density at radius 2 is 1.88 bits per heavy atom. The molecule has 1 unspecified atom stereocenters. The number of carbonyl (C=O) groups is 2. The lowest BCUT2D eigenvalue weighted by atomic mass is 10.1. The molecule has 4 rings (SSSR count). The molecule has 0 saturated carbocycles. The topological polar surface area (TPSA) is 101 Å². The molecule has 1 atom stereocenters. The second kappa shape index (κ2) is 8.57. The van der Waals surface area contributed by atoms with Crippen molar-refractivity contribution in [3.63, 3.8) is 0 Å². The predicted molar refractivity (Wildman–Crippen MR) is 126 cm³/mol. The molecule has 2 N–H and O–H groups in total. The summed E-state index contributed by atoms with van der Waals surface area (Å²) in [5.74, 6) is -1.39. The highest BCUT2D eigenvalue weighted by Crippen LogP contribution is 2.28. The van der Waals surface area contributed by atoms with E-state index in [-0.39, 0.29) is 16.8 Å². The molecule has 0 bridgehead atoms. The number of amides is 1. The molecular formula is C23H18ClN3O4S. The Hall–Kier alpha value is -3.49. The molecule has 4 aromatic rings. The molecule has 1 amide bonds. The lowest BCUT2D eigenvalue weighted by Gasteiger charge is -2.20. The number of halogens is 1. The van der Waals surface area contributed by atoms with E-state index in [0.717, 1.165) is 11.3 Å². The number of anilines is 1. The Labute approximate surface area is 191 Å². The second-order valence-electron chi connectivity index (χ2n) is 7.19. The number of benzene rings is 2. The number of carbonyl (C=O) groups excluding carboxylic acids is 1. The number of carboxylic acid groups (broad SMARTS) is 1. The number of nitrogens with zero attached hydrogens (tertiary/aromatic N) is 2. The van der Waals surface area contributed by atoms with Crippen molar-refractivity contribution in [3.8, 4) is 11.4 Å². The standard InChI is InChI=1S/C23H18ClN3O4S/c1-12-16(24)9-6-10-17(12)25-20(28)13(2)27-19(14-7-4-3-5-8-14)26-21-18(22(27)29)15(11-32-21)23(30)31/h3-11,13H,1-2H3,(H,25,28)(H,30,31). The Bertz CT molecular complexity index is 1410. The van der Waals surface area contributed by atoms with Gasteiger partial charge in [0.1, 0.15) is 16.7 Å². The SMILES string of the molecule is Cc1c(Cl)cccc1NC(=O)C(C)n1c(-c2ccccc2)nc2scc(C(=O)O)c2c1=O. The fourth-order valence-electron chi connectivity index (χ4n) is 3.41. The number of rotatable bonds is 5. The second-order valence-corrected chi connectivity index (χ2v) is 8.45. The first-order chi connectivity index (χ1) is 15.3. The van der Waals surface area contributed by atoms with Gasteiger partial charge >= 0.3 is 5.97 Å². The van der Waals surface area contributed by atoms with E-state index in [0.29, 0.717) is 26.7 Å². The number of fused-ring (bicyclic) bond motifs is 1. The van der Waals surface area contributed by atoms with Crippen LogP contribution in [0.5, 0.6) is 0 Å². The van der Waals surface area contributed by atoms with Crippen LogP contribution in [0.4, 0.5) is 5.69 Å². The number of aromatic nitrogens is 2. The summed E-state index contributed by atoms with van der Waals surface area (Å²) in [6, 6.07) is 13.2. The van der Waals surface area contributed by atoms with Gasteiger partial charge in [-0.2, -0.15) is 0 Å². The van der Waals surface area contributed by atoms with Gasteiger partial charge in [0.05, 0.1) is 10.9 Å². The summed E-state index contributed by atoms with van der Waals surface area (Å²) in [5.41, 5.74) is 1.15. The van der Waals surface area contributed by atoms with Crippen LogP contribution in [0.15, 0.2) is 58.7 Å². The van der Waals surface area contributed by atoms with Crippen molar-refractivity contribution in [2.75, 3.05) is 5.32 Å². The van der Waals surface area contributed by atoms with Gasteiger partial charge in [-0.15, -0.1) is 11.3 Å². The summed E-state index contributed by atoms with van der Waals surface area (Å²) in [5, 5.41) is 14.2. The van der Waals surface area contributed by atoms with Crippen molar-refractivity contribution in [1.82, 2.24) is 9.55 Å². The molecule has 0 aliphatic heterocycles. The third-order valence-corrected chi connectivity index (χ3v) is 6.48. The highest BCUT2D eigenvalue weighted by atomic mass is 35.5. The zero-order chi connectivity index (χ0) is 23.0. The molecule has 2 heterocycles. The lowest BCUT2D eigenvalue weighted by molar-refractivity contribution is -0.118. The summed E-state index contributed by atoms with van der Waals surface area (Å²) >= 11 is 7.23. The Morgan fingerprint density at radius 1 is 1.16 bits per heavy atom. The molecule has 32 heavy (non-hydrogen) atoms. The van der Waals surface area contributed by atoms with Crippen molar-refractivity contribution >= 4 is 50.7 Å². The lowest BCUT2D eigenvalue weighted by Crippen LogP contribution is -2.33. The number of hydrogen-bond donors (Lipinski definition) is 2. The van der Waals surface area contributed by atoms with Crippen LogP contribution in [-0.2, 0) is 4.79 Å². The van der Waals surface area contributed by atoms with Crippen molar-refractivity contribution < 1.29 is 14.7 Å². The van der Waals surface area contributed by atoms with Gasteiger partial charge in [0.15, 0.2) is 0 Å². The largest absolute Gasteiger partial charge is 0.478 e. The van der Waals surface area contributed by atoms with Crippen LogP contribution in [0, 0.1) is 6.92 Å². The Morgan fingerprint density at radius 3 is 2.56 bits per heavy atom. The quantitative estimate of drug-likeness (QED) is 0.430. The predicted octanol–water partition coefficient (Wildman–Crippen LogP) is 4.98. The highest BCUT2D eigenvalue weighted by Gasteiger charge is 2.26. The van der Waals surface area contributed by atoms with Gasteiger partial charge in [-0.05, 0) is 31.5 Å². The smallest absolute Gasteiger partial charge is 0.337 e. The summed E-state index contributed by atoms with van der Waals surface area (Å²) in [7, 11) is 0. The summed E-state index contributed by atoms with van der Waals surface area (Å²) in [6.07, 6.45) is 0. The minimum Gasteiger partial charge on any atom is -0.478 e. The zero-order valence-corrected chi connectivity index (χ0v) is 18.7. The molecular weight excluding hydrogens is 450 g/mol. The van der Waals surface area contributed by atoms with E-state index in [2.05, 4.69) is 10.3 Å². The van der Waals surface area contributed by atoms with Gasteiger partial charge < -0.3 is 10.4 Å². The molecule has 0 radical (unpaired) electrons. The van der Waals surface area contributed by atoms with Crippen LogP contribution in [-0.4, -0.2) is 26.5 Å². The van der Waals surface area contributed by atoms with E-state index in [4.69, 9.17) is 11.6 Å². The number of aromatic carboxylic acids is 1. The van der Waals surface area contributed by atoms with Crippen LogP contribution in [0.3, 0.4) is 0 Å². The van der Waals surface area contributed by atoms with Crippen molar-refractivity contribution in [2.24, 2.45) is 0 Å². The average Bonchev–Trinajstić information content (AvgIpc) is 3.22. The molecule has 2 aromatic carbocycles. The molecule has 0 fully saturated rings. The Balaban J connectivity index is 1.89. The van der Waals surface area contributed by atoms with Crippen LogP contribution in [0.1, 0.15) is 28.9 Å². The Kier molecular flexibility index (Phi) is 5.82. The van der Waals surface area contributed by atoms with Gasteiger partial charge in [-0.3, -0.25) is 14.2 Å². The van der Waals surface area contributed by atoms with Gasteiger partial charge in [-0.1, -0.05) is 48.0 Å². The first-order valence-corrected chi connectivity index (χ1v) is 10.9. The molecule has 0 aliphatic rings. The maximum atomic E-state index is 13.5. The van der Waals surface area contributed by atoms with Crippen LogP contribution >= 0.6 is 22.9 Å². The molecule has 2 aromatic heterocycles. The molecule has 0 aliphatic carbocycles. The van der Waals surface area contributed by atoms with E-state index in [1.165, 1.54) is 9.95 Å². The minimum atomic E-state index is -1.22. The third kappa shape index (κ3) is 3.79. The fourth-order valence-corrected chi connectivity index (χ4v) is 4.49. The van der Waals surface area contributed by atoms with Gasteiger partial charge in [0.2, 0.25) is 5.91 Å². The van der Waals surface area contributed by atoms with E-state index in [1.54, 1.807) is 56.3 Å². The van der Waals surface area contributed by atoms with Crippen molar-refractivity contribution in [1.29, 1.82) is 0 Å². The molecule has 0 spiro atoms. The number of carboxylic acids is 1. The maximum Gasteiger partial charge on any atom is 0.337 e. The minimum absolute atomic E-state index is 0.0132. The van der Waals surface area contributed by atoms with E-state index < -0.39 is 23.5 Å². The molecule has 162 valence electrons. The summed E-state index contributed by atoms with van der Waals surface area (Å²) < 4.78 is 1.24. The van der Waals surface area contributed by atoms with E-state index >= 15 is 0 Å². The average molecular weight is 468 g/mol. The van der Waals surface area contributed by atoms with E-state index in [1.807, 2.05) is 6.07 Å².